The van der Waals surface area contributed by atoms with Gasteiger partial charge in [-0.15, -0.1) is 0 Å². The summed E-state index contributed by atoms with van der Waals surface area (Å²) in [5, 5.41) is 0. The van der Waals surface area contributed by atoms with Crippen molar-refractivity contribution < 1.29 is 4.74 Å². The fourth-order valence-corrected chi connectivity index (χ4v) is 6.02. The van der Waals surface area contributed by atoms with Crippen molar-refractivity contribution in [3.8, 4) is 0 Å². The summed E-state index contributed by atoms with van der Waals surface area (Å²) in [5.41, 5.74) is 0. The van der Waals surface area contributed by atoms with E-state index in [1.54, 1.807) is 0 Å². The molecule has 2 fully saturated rings. The molecule has 0 N–H and O–H groups in total. The van der Waals surface area contributed by atoms with Gasteiger partial charge in [0.2, 0.25) is 0 Å². The van der Waals surface area contributed by atoms with Gasteiger partial charge in [-0.25, -0.2) is 0 Å². The van der Waals surface area contributed by atoms with Gasteiger partial charge in [0, 0.05) is 6.61 Å². The molecule has 2 aliphatic carbocycles. The highest BCUT2D eigenvalue weighted by Gasteiger charge is 2.30. The Hall–Kier alpha value is -0.0400. The summed E-state index contributed by atoms with van der Waals surface area (Å²) in [7, 11) is 0. The second-order valence-electron chi connectivity index (χ2n) is 10.5. The van der Waals surface area contributed by atoms with Crippen LogP contribution in [0.3, 0.4) is 0 Å². The summed E-state index contributed by atoms with van der Waals surface area (Å²) in [6.07, 6.45) is 30.9. The number of rotatable bonds is 16. The number of ether oxygens (including phenoxy) is 1. The molecule has 2 aliphatic rings. The SMILES string of the molecule is CCCCCCCCCC1CCC(C2CCC(OCCCCCCC)CC2)CC1. The summed E-state index contributed by atoms with van der Waals surface area (Å²) in [6, 6.07) is 0. The molecule has 0 aromatic rings. The zero-order valence-electron chi connectivity index (χ0n) is 20.3. The third-order valence-corrected chi connectivity index (χ3v) is 8.09. The van der Waals surface area contributed by atoms with Gasteiger partial charge >= 0.3 is 0 Å². The number of unbranched alkanes of at least 4 members (excludes halogenated alkanes) is 10. The lowest BCUT2D eigenvalue weighted by atomic mass is 9.70. The molecular weight excluding hydrogens is 352 g/mol. The van der Waals surface area contributed by atoms with E-state index in [-0.39, 0.29) is 0 Å². The standard InChI is InChI=1S/C28H54O/c1-3-5-7-9-10-11-13-15-25-16-18-26(19-17-25)27-20-22-28(23-21-27)29-24-14-12-8-6-4-2/h25-28H,3-24H2,1-2H3. The maximum atomic E-state index is 6.20. The summed E-state index contributed by atoms with van der Waals surface area (Å²) in [4.78, 5) is 0. The van der Waals surface area contributed by atoms with E-state index in [4.69, 9.17) is 4.74 Å². The van der Waals surface area contributed by atoms with Crippen LogP contribution in [0.1, 0.15) is 149 Å². The Kier molecular flexibility index (Phi) is 14.5. The zero-order valence-corrected chi connectivity index (χ0v) is 20.3. The first-order chi connectivity index (χ1) is 14.3. The van der Waals surface area contributed by atoms with E-state index in [2.05, 4.69) is 13.8 Å². The van der Waals surface area contributed by atoms with Crippen molar-refractivity contribution in [2.24, 2.45) is 17.8 Å². The lowest BCUT2D eigenvalue weighted by molar-refractivity contribution is 0.00527. The van der Waals surface area contributed by atoms with Crippen LogP contribution < -0.4 is 0 Å². The molecule has 0 amide bonds. The van der Waals surface area contributed by atoms with Gasteiger partial charge in [0.15, 0.2) is 0 Å². The van der Waals surface area contributed by atoms with Gasteiger partial charge in [-0.3, -0.25) is 0 Å². The molecule has 0 bridgehead atoms. The summed E-state index contributed by atoms with van der Waals surface area (Å²) in [5.74, 6) is 3.14. The van der Waals surface area contributed by atoms with Crippen molar-refractivity contribution in [1.29, 1.82) is 0 Å². The van der Waals surface area contributed by atoms with Crippen molar-refractivity contribution >= 4 is 0 Å². The van der Waals surface area contributed by atoms with Gasteiger partial charge in [-0.05, 0) is 62.7 Å². The van der Waals surface area contributed by atoms with Crippen LogP contribution in [0.5, 0.6) is 0 Å². The van der Waals surface area contributed by atoms with Crippen molar-refractivity contribution in [3.05, 3.63) is 0 Å². The largest absolute Gasteiger partial charge is 0.378 e. The first-order valence-electron chi connectivity index (χ1n) is 13.9. The molecule has 0 aromatic heterocycles. The molecule has 1 nitrogen and oxygen atoms in total. The maximum absolute atomic E-state index is 6.20. The van der Waals surface area contributed by atoms with Gasteiger partial charge in [0.05, 0.1) is 6.10 Å². The molecule has 0 saturated heterocycles. The first kappa shape index (κ1) is 25.2. The molecule has 0 radical (unpaired) electrons. The predicted octanol–water partition coefficient (Wildman–Crippen LogP) is 9.48. The van der Waals surface area contributed by atoms with E-state index in [1.165, 1.54) is 135 Å². The van der Waals surface area contributed by atoms with Crippen molar-refractivity contribution in [1.82, 2.24) is 0 Å². The third kappa shape index (κ3) is 11.2. The molecule has 0 heterocycles. The molecule has 2 saturated carbocycles. The van der Waals surface area contributed by atoms with E-state index in [0.29, 0.717) is 6.10 Å². The average molecular weight is 407 g/mol. The van der Waals surface area contributed by atoms with Crippen LogP contribution in [0, 0.1) is 17.8 Å². The van der Waals surface area contributed by atoms with Crippen LogP contribution in [0.15, 0.2) is 0 Å². The first-order valence-corrected chi connectivity index (χ1v) is 13.9. The monoisotopic (exact) mass is 406 g/mol. The van der Waals surface area contributed by atoms with Crippen molar-refractivity contribution in [3.63, 3.8) is 0 Å². The minimum absolute atomic E-state index is 0.589. The highest BCUT2D eigenvalue weighted by molar-refractivity contribution is 4.82. The highest BCUT2D eigenvalue weighted by atomic mass is 16.5. The van der Waals surface area contributed by atoms with Crippen LogP contribution in [0.4, 0.5) is 0 Å². The van der Waals surface area contributed by atoms with E-state index in [0.717, 1.165) is 24.4 Å². The Morgan fingerprint density at radius 2 is 1.00 bits per heavy atom. The van der Waals surface area contributed by atoms with Crippen LogP contribution in [-0.4, -0.2) is 12.7 Å². The maximum Gasteiger partial charge on any atom is 0.0575 e. The second kappa shape index (κ2) is 16.6. The van der Waals surface area contributed by atoms with Gasteiger partial charge < -0.3 is 4.74 Å². The molecule has 0 spiro atoms. The van der Waals surface area contributed by atoms with E-state index in [1.807, 2.05) is 0 Å². The predicted molar refractivity (Wildman–Crippen MR) is 129 cm³/mol. The van der Waals surface area contributed by atoms with E-state index < -0.39 is 0 Å². The Bertz CT molecular complexity index is 349. The third-order valence-electron chi connectivity index (χ3n) is 8.09. The van der Waals surface area contributed by atoms with Crippen molar-refractivity contribution in [2.75, 3.05) is 6.61 Å². The summed E-state index contributed by atoms with van der Waals surface area (Å²) in [6.45, 7) is 5.62. The van der Waals surface area contributed by atoms with Gasteiger partial charge in [-0.2, -0.15) is 0 Å². The minimum Gasteiger partial charge on any atom is -0.378 e. The van der Waals surface area contributed by atoms with Crippen LogP contribution in [-0.2, 0) is 4.74 Å². The number of hydrogen-bond donors (Lipinski definition) is 0. The molecule has 0 aliphatic heterocycles. The summed E-state index contributed by atoms with van der Waals surface area (Å²) < 4.78 is 6.20. The fourth-order valence-electron chi connectivity index (χ4n) is 6.02. The molecule has 0 aromatic carbocycles. The van der Waals surface area contributed by atoms with Crippen LogP contribution >= 0.6 is 0 Å². The smallest absolute Gasteiger partial charge is 0.0575 e. The highest BCUT2D eigenvalue weighted by Crippen LogP contribution is 2.41. The lowest BCUT2D eigenvalue weighted by Gasteiger charge is -2.38. The fraction of sp³-hybridized carbons (Fsp3) is 1.00. The van der Waals surface area contributed by atoms with Crippen LogP contribution in [0.25, 0.3) is 0 Å². The minimum atomic E-state index is 0.589. The van der Waals surface area contributed by atoms with Gasteiger partial charge in [0.1, 0.15) is 0 Å². The Morgan fingerprint density at radius 1 is 0.517 bits per heavy atom. The van der Waals surface area contributed by atoms with Crippen LogP contribution in [0.2, 0.25) is 0 Å². The molecular formula is C28H54O. The van der Waals surface area contributed by atoms with Gasteiger partial charge in [0.25, 0.3) is 0 Å². The van der Waals surface area contributed by atoms with E-state index >= 15 is 0 Å². The average Bonchev–Trinajstić information content (AvgIpc) is 2.76. The molecule has 0 unspecified atom stereocenters. The topological polar surface area (TPSA) is 9.23 Å². The quantitative estimate of drug-likeness (QED) is 0.232. The second-order valence-corrected chi connectivity index (χ2v) is 10.5. The zero-order chi connectivity index (χ0) is 20.6. The normalized spacial score (nSPS) is 27.9. The number of hydrogen-bond acceptors (Lipinski definition) is 1. The Labute approximate surface area is 184 Å². The molecule has 2 rings (SSSR count). The van der Waals surface area contributed by atoms with Gasteiger partial charge in [-0.1, -0.05) is 104 Å². The van der Waals surface area contributed by atoms with E-state index in [9.17, 15) is 0 Å². The Balaban J connectivity index is 1.45. The lowest BCUT2D eigenvalue weighted by Crippen LogP contribution is -2.28. The van der Waals surface area contributed by atoms with Crippen molar-refractivity contribution in [2.45, 2.75) is 155 Å². The molecule has 29 heavy (non-hydrogen) atoms. The molecule has 1 heteroatoms. The molecule has 0 atom stereocenters. The Morgan fingerprint density at radius 3 is 1.59 bits per heavy atom. The molecule has 172 valence electrons. The summed E-state index contributed by atoms with van der Waals surface area (Å²) >= 11 is 0.